The molecule has 2 aliphatic rings. The third-order valence-corrected chi connectivity index (χ3v) is 13.1. The average Bonchev–Trinajstić information content (AvgIpc) is 4.00. The highest BCUT2D eigenvalue weighted by Crippen LogP contribution is 2.50. The molecule has 0 unspecified atom stereocenters. The summed E-state index contributed by atoms with van der Waals surface area (Å²) in [4.78, 5) is 5.38. The fourth-order valence-corrected chi connectivity index (χ4v) is 8.86. The Hall–Kier alpha value is -6.23. The number of rotatable bonds is 6. The van der Waals surface area contributed by atoms with Crippen molar-refractivity contribution in [3.05, 3.63) is 177 Å². The van der Waals surface area contributed by atoms with Gasteiger partial charge in [0.2, 0.25) is 0 Å². The zero-order chi connectivity index (χ0) is 50.4. The molecule has 4 nitrogen and oxygen atoms in total. The first-order valence-electron chi connectivity index (χ1n) is 23.3. The first-order valence-corrected chi connectivity index (χ1v) is 23.3. The molecule has 0 atom stereocenters. The Morgan fingerprint density at radius 2 is 0.928 bits per heavy atom. The van der Waals surface area contributed by atoms with Crippen molar-refractivity contribution in [3.63, 3.8) is 0 Å². The second kappa shape index (κ2) is 17.0. The van der Waals surface area contributed by atoms with Crippen LogP contribution in [0.25, 0.3) is 33.5 Å². The van der Waals surface area contributed by atoms with Gasteiger partial charge in [0.25, 0.3) is 0 Å². The Kier molecular flexibility index (Phi) is 12.1. The van der Waals surface area contributed by atoms with Crippen LogP contribution in [0.15, 0.2) is 132 Å². The molecular weight excluding hydrogens is 881 g/mol. The van der Waals surface area contributed by atoms with Gasteiger partial charge in [-0.05, 0) is 97.4 Å². The van der Waals surface area contributed by atoms with Gasteiger partial charge in [0.1, 0.15) is 11.3 Å². The van der Waals surface area contributed by atoms with E-state index in [9.17, 15) is 26.3 Å². The Morgan fingerprint density at radius 3 is 1.36 bits per heavy atom. The van der Waals surface area contributed by atoms with Crippen molar-refractivity contribution < 1.29 is 35.7 Å². The number of nitrogens with zero attached hydrogens (tertiary/aromatic N) is 2. The van der Waals surface area contributed by atoms with Crippen LogP contribution in [0, 0.1) is 0 Å². The second-order valence-corrected chi connectivity index (χ2v) is 22.4. The fraction of sp³-hybridized carbons (Fsp3) is 0.328. The van der Waals surface area contributed by atoms with Gasteiger partial charge in [0.05, 0.1) is 17.0 Å². The summed E-state index contributed by atoms with van der Waals surface area (Å²) in [5, 5.41) is 0. The summed E-state index contributed by atoms with van der Waals surface area (Å²) in [6.45, 7) is 27.5. The minimum Gasteiger partial charge on any atom is -0.503 e. The molecule has 3 heterocycles. The van der Waals surface area contributed by atoms with Crippen LogP contribution in [0.4, 0.5) is 26.3 Å². The summed E-state index contributed by atoms with van der Waals surface area (Å²) >= 11 is 0. The molecule has 8 rings (SSSR count). The zero-order valence-corrected chi connectivity index (χ0v) is 41.6. The maximum atomic E-state index is 14.8. The summed E-state index contributed by atoms with van der Waals surface area (Å²) in [5.74, 6) is -1.49. The molecule has 2 aliphatic heterocycles. The highest BCUT2D eigenvalue weighted by Gasteiger charge is 2.48. The summed E-state index contributed by atoms with van der Waals surface area (Å²) < 4.78 is 101. The molecule has 0 saturated carbocycles. The van der Waals surface area contributed by atoms with E-state index in [0.717, 1.165) is 44.5 Å². The van der Waals surface area contributed by atoms with E-state index in [-0.39, 0.29) is 27.7 Å². The predicted octanol–water partition coefficient (Wildman–Crippen LogP) is 16.7. The molecule has 0 saturated heterocycles. The van der Waals surface area contributed by atoms with Gasteiger partial charge in [-0.2, -0.15) is 26.3 Å². The molecule has 0 spiro atoms. The van der Waals surface area contributed by atoms with Crippen LogP contribution in [0.1, 0.15) is 140 Å². The van der Waals surface area contributed by atoms with Crippen LogP contribution < -0.4 is 9.31 Å². The molecule has 0 N–H and O–H groups in total. The molecule has 0 bridgehead atoms. The second-order valence-electron chi connectivity index (χ2n) is 22.4. The lowest BCUT2D eigenvalue weighted by Gasteiger charge is -2.21. The minimum absolute atomic E-state index is 0.0769. The van der Waals surface area contributed by atoms with E-state index in [1.807, 2.05) is 49.4 Å². The van der Waals surface area contributed by atoms with Gasteiger partial charge in [0, 0.05) is 28.1 Å². The number of hydrogen-bond acceptors (Lipinski definition) is 3. The van der Waals surface area contributed by atoms with Gasteiger partial charge in [0.15, 0.2) is 5.75 Å². The molecule has 0 aliphatic carbocycles. The fourth-order valence-electron chi connectivity index (χ4n) is 8.86. The molecule has 0 fully saturated rings. The van der Waals surface area contributed by atoms with E-state index in [4.69, 9.17) is 14.3 Å². The largest absolute Gasteiger partial charge is 0.743 e. The molecular formula is C58H59BF6N2O2. The Balaban J connectivity index is 1.44. The van der Waals surface area contributed by atoms with Crippen molar-refractivity contribution in [2.24, 2.45) is 4.99 Å². The van der Waals surface area contributed by atoms with Gasteiger partial charge < -0.3 is 13.8 Å². The normalized spacial score (nSPS) is 15.4. The molecule has 0 amide bonds. The number of aromatic nitrogens is 1. The third-order valence-electron chi connectivity index (χ3n) is 13.1. The van der Waals surface area contributed by atoms with E-state index in [2.05, 4.69) is 150 Å². The van der Waals surface area contributed by atoms with Crippen LogP contribution in [0.2, 0.25) is 0 Å². The molecule has 6 aromatic rings. The van der Waals surface area contributed by atoms with E-state index in [1.54, 1.807) is 4.48 Å². The third kappa shape index (κ3) is 9.84. The van der Waals surface area contributed by atoms with Crippen LogP contribution >= 0.6 is 0 Å². The number of allylic oxidation sites excluding steroid dienone is 3. The van der Waals surface area contributed by atoms with Crippen LogP contribution in [0.5, 0.6) is 11.5 Å². The van der Waals surface area contributed by atoms with Gasteiger partial charge in [-0.1, -0.05) is 180 Å². The maximum Gasteiger partial charge on any atom is 0.743 e. The lowest BCUT2D eigenvalue weighted by molar-refractivity contribution is -0.143. The molecule has 358 valence electrons. The Bertz CT molecular complexity index is 3020. The lowest BCUT2D eigenvalue weighted by Crippen LogP contribution is -2.36. The van der Waals surface area contributed by atoms with Gasteiger partial charge in [-0.25, -0.2) is 4.99 Å². The number of benzene rings is 5. The standard InChI is InChI=1S/C58H59BF6N2O2/c1-34(50-44(35-14-22-39(23-15-35)53(2,3)4)32-47(66-50)37-18-26-41(27-19-37)55(8,9)10)51-45(36-16-24-40(25-17-36)54(5,6)7)33-48(38-20-28-42(29-21-38)56(11,12)13)67(51)59-68-49-31-43(57(60,61)62)30-46(52(49)69-59)58(63,64)65/h14-33H,1-13H3/b50-34-. The van der Waals surface area contributed by atoms with Gasteiger partial charge in [-0.3, -0.25) is 0 Å². The van der Waals surface area contributed by atoms with Crippen LogP contribution in [0.3, 0.4) is 0 Å². The first kappa shape index (κ1) is 49.2. The zero-order valence-electron chi connectivity index (χ0n) is 41.6. The molecule has 11 heteroatoms. The highest BCUT2D eigenvalue weighted by atomic mass is 19.4. The monoisotopic (exact) mass is 940 g/mol. The van der Waals surface area contributed by atoms with E-state index in [0.29, 0.717) is 45.6 Å². The van der Waals surface area contributed by atoms with Crippen LogP contribution in [-0.2, 0) is 34.0 Å². The molecule has 0 radical (unpaired) electrons. The van der Waals surface area contributed by atoms with Crippen molar-refractivity contribution in [1.82, 2.24) is 4.48 Å². The van der Waals surface area contributed by atoms with Crippen molar-refractivity contribution in [2.75, 3.05) is 0 Å². The quantitative estimate of drug-likeness (QED) is 0.123. The average molecular weight is 941 g/mol. The number of fused-ring (bicyclic) bond motifs is 1. The summed E-state index contributed by atoms with van der Waals surface area (Å²) in [6, 6.07) is 35.3. The maximum absolute atomic E-state index is 14.8. The topological polar surface area (TPSA) is 35.8 Å². The smallest absolute Gasteiger partial charge is 0.503 e. The Morgan fingerprint density at radius 1 is 0.493 bits per heavy atom. The molecule has 69 heavy (non-hydrogen) atoms. The van der Waals surface area contributed by atoms with Crippen molar-refractivity contribution in [2.45, 2.75) is 124 Å². The molecule has 5 aromatic carbocycles. The lowest BCUT2D eigenvalue weighted by atomic mass is 9.85. The molecule has 1 aromatic heterocycles. The van der Waals surface area contributed by atoms with Crippen LogP contribution in [-0.4, -0.2) is 17.4 Å². The highest BCUT2D eigenvalue weighted by molar-refractivity contribution is 6.47. The van der Waals surface area contributed by atoms with Crippen molar-refractivity contribution in [1.29, 1.82) is 0 Å². The van der Waals surface area contributed by atoms with Gasteiger partial charge in [-0.15, -0.1) is 0 Å². The van der Waals surface area contributed by atoms with E-state index < -0.39 is 42.2 Å². The number of hydrogen-bond donors (Lipinski definition) is 0. The van der Waals surface area contributed by atoms with E-state index >= 15 is 0 Å². The number of aliphatic imine (C=N–C) groups is 1. The first-order chi connectivity index (χ1) is 31.9. The summed E-state index contributed by atoms with van der Waals surface area (Å²) in [7, 11) is -1.68. The number of halogens is 6. The van der Waals surface area contributed by atoms with Crippen molar-refractivity contribution in [3.8, 4) is 33.9 Å². The minimum atomic E-state index is -5.20. The summed E-state index contributed by atoms with van der Waals surface area (Å²) in [5.41, 5.74) is 8.48. The summed E-state index contributed by atoms with van der Waals surface area (Å²) in [6.07, 6.45) is -8.24. The Labute approximate surface area is 403 Å². The van der Waals surface area contributed by atoms with Crippen molar-refractivity contribution >= 4 is 24.1 Å². The van der Waals surface area contributed by atoms with E-state index in [1.165, 1.54) is 0 Å². The number of alkyl halides is 6. The SMILES string of the molecule is C/C(=C1/N=C(c2ccc(C(C)(C)C)cc2)C=C1c1ccc(C(C)(C)C)cc1)c1c(-c2ccc(C(C)(C)C)cc2)cc(-c2ccc(C(C)(C)C)cc2)n1B1Oc2cc(C(F)(F)F)cc(C(F)(F)F)c2O1. The predicted molar refractivity (Wildman–Crippen MR) is 269 cm³/mol. The van der Waals surface area contributed by atoms with Gasteiger partial charge >= 0.3 is 19.6 Å².